The first kappa shape index (κ1) is 15.9. The Hall–Kier alpha value is -1.47. The van der Waals surface area contributed by atoms with Crippen LogP contribution in [-0.4, -0.2) is 20.1 Å². The molecule has 2 N–H and O–H groups in total. The second kappa shape index (κ2) is 6.53. The van der Waals surface area contributed by atoms with E-state index in [9.17, 15) is 17.9 Å². The van der Waals surface area contributed by atoms with Gasteiger partial charge < -0.3 is 5.11 Å². The summed E-state index contributed by atoms with van der Waals surface area (Å²) < 4.78 is 39.9. The van der Waals surface area contributed by atoms with Crippen LogP contribution in [0.25, 0.3) is 0 Å². The summed E-state index contributed by atoms with van der Waals surface area (Å²) in [5.41, 5.74) is 0.562. The summed E-state index contributed by atoms with van der Waals surface area (Å²) in [5.74, 6) is -1.01. The van der Waals surface area contributed by atoms with Gasteiger partial charge in [-0.25, -0.2) is 17.5 Å². The molecule has 0 fully saturated rings. The van der Waals surface area contributed by atoms with Crippen molar-refractivity contribution in [3.05, 3.63) is 64.9 Å². The van der Waals surface area contributed by atoms with Crippen LogP contribution in [0, 0.1) is 5.82 Å². The van der Waals surface area contributed by atoms with Crippen LogP contribution in [0.2, 0.25) is 5.02 Å². The number of aliphatic hydroxyl groups is 1. The molecule has 0 aromatic heterocycles. The van der Waals surface area contributed by atoms with E-state index in [0.717, 1.165) is 6.07 Å². The SMILES string of the molecule is O=S(=O)(NCC(O)c1ccccc1)c1cccc(Cl)c1F. The number of aliphatic hydroxyl groups excluding tert-OH is 1. The second-order valence-corrected chi connectivity index (χ2v) is 6.47. The lowest BCUT2D eigenvalue weighted by Gasteiger charge is -2.13. The van der Waals surface area contributed by atoms with E-state index in [-0.39, 0.29) is 11.6 Å². The maximum atomic E-state index is 13.7. The van der Waals surface area contributed by atoms with Crippen LogP contribution in [0.5, 0.6) is 0 Å². The highest BCUT2D eigenvalue weighted by Gasteiger charge is 2.21. The van der Waals surface area contributed by atoms with Crippen molar-refractivity contribution >= 4 is 21.6 Å². The van der Waals surface area contributed by atoms with Crippen molar-refractivity contribution in [2.75, 3.05) is 6.54 Å². The van der Waals surface area contributed by atoms with E-state index < -0.39 is 26.8 Å². The molecule has 0 radical (unpaired) electrons. The summed E-state index contributed by atoms with van der Waals surface area (Å²) in [4.78, 5) is -0.546. The number of benzene rings is 2. The van der Waals surface area contributed by atoms with Gasteiger partial charge in [0.2, 0.25) is 10.0 Å². The fourth-order valence-corrected chi connectivity index (χ4v) is 3.12. The van der Waals surface area contributed by atoms with Crippen LogP contribution in [0.3, 0.4) is 0 Å². The largest absolute Gasteiger partial charge is 0.387 e. The highest BCUT2D eigenvalue weighted by molar-refractivity contribution is 7.89. The first-order valence-corrected chi connectivity index (χ1v) is 7.94. The second-order valence-electron chi connectivity index (χ2n) is 4.33. The maximum absolute atomic E-state index is 13.7. The number of halogens is 2. The number of nitrogens with one attached hydrogen (secondary N) is 1. The molecule has 2 aromatic carbocycles. The van der Waals surface area contributed by atoms with Crippen LogP contribution < -0.4 is 4.72 Å². The standard InChI is InChI=1S/C14H13ClFNO3S/c15-11-7-4-8-13(14(11)16)21(19,20)17-9-12(18)10-5-2-1-3-6-10/h1-8,12,17-18H,9H2. The van der Waals surface area contributed by atoms with E-state index in [1.54, 1.807) is 30.3 Å². The average Bonchev–Trinajstić information content (AvgIpc) is 2.48. The van der Waals surface area contributed by atoms with E-state index in [4.69, 9.17) is 11.6 Å². The fraction of sp³-hybridized carbons (Fsp3) is 0.143. The van der Waals surface area contributed by atoms with E-state index in [1.165, 1.54) is 12.1 Å². The Kier molecular flexibility index (Phi) is 4.95. The van der Waals surface area contributed by atoms with Gasteiger partial charge in [-0.15, -0.1) is 0 Å². The van der Waals surface area contributed by atoms with Crippen LogP contribution in [0.15, 0.2) is 53.4 Å². The Labute approximate surface area is 127 Å². The zero-order chi connectivity index (χ0) is 15.5. The molecule has 7 heteroatoms. The topological polar surface area (TPSA) is 66.4 Å². The Morgan fingerprint density at radius 2 is 1.81 bits per heavy atom. The third-order valence-electron chi connectivity index (χ3n) is 2.86. The molecule has 21 heavy (non-hydrogen) atoms. The molecular weight excluding hydrogens is 317 g/mol. The molecule has 0 heterocycles. The first-order valence-electron chi connectivity index (χ1n) is 6.08. The van der Waals surface area contributed by atoms with Crippen molar-refractivity contribution in [3.63, 3.8) is 0 Å². The van der Waals surface area contributed by atoms with Gasteiger partial charge in [0.25, 0.3) is 0 Å². The molecule has 0 aliphatic rings. The lowest BCUT2D eigenvalue weighted by atomic mass is 10.1. The van der Waals surface area contributed by atoms with E-state index >= 15 is 0 Å². The van der Waals surface area contributed by atoms with E-state index in [2.05, 4.69) is 4.72 Å². The summed E-state index contributed by atoms with van der Waals surface area (Å²) >= 11 is 5.56. The Morgan fingerprint density at radius 1 is 1.14 bits per heavy atom. The van der Waals surface area contributed by atoms with Crippen LogP contribution in [0.1, 0.15) is 11.7 Å². The molecule has 2 aromatic rings. The number of rotatable bonds is 5. The molecule has 1 unspecified atom stereocenters. The van der Waals surface area contributed by atoms with Crippen molar-refractivity contribution in [1.82, 2.24) is 4.72 Å². The summed E-state index contributed by atoms with van der Waals surface area (Å²) in [7, 11) is -4.09. The predicted molar refractivity (Wildman–Crippen MR) is 78.0 cm³/mol. The van der Waals surface area contributed by atoms with Crippen LogP contribution in [-0.2, 0) is 10.0 Å². The molecule has 4 nitrogen and oxygen atoms in total. The van der Waals surface area contributed by atoms with Gasteiger partial charge in [0.1, 0.15) is 4.90 Å². The minimum atomic E-state index is -4.09. The molecule has 0 saturated heterocycles. The van der Waals surface area contributed by atoms with Crippen LogP contribution >= 0.6 is 11.6 Å². The van der Waals surface area contributed by atoms with E-state index in [0.29, 0.717) is 5.56 Å². The summed E-state index contributed by atoms with van der Waals surface area (Å²) in [5, 5.41) is 9.63. The van der Waals surface area contributed by atoms with Crippen molar-refractivity contribution in [2.24, 2.45) is 0 Å². The third-order valence-corrected chi connectivity index (χ3v) is 4.59. The van der Waals surface area contributed by atoms with E-state index in [1.807, 2.05) is 0 Å². The first-order chi connectivity index (χ1) is 9.92. The van der Waals surface area contributed by atoms with Gasteiger partial charge >= 0.3 is 0 Å². The molecular formula is C14H13ClFNO3S. The Balaban J connectivity index is 2.14. The molecule has 0 aliphatic heterocycles. The molecule has 0 amide bonds. The van der Waals surface area contributed by atoms with Gasteiger partial charge in [0, 0.05) is 6.54 Å². The smallest absolute Gasteiger partial charge is 0.243 e. The minimum absolute atomic E-state index is 0.266. The van der Waals surface area contributed by atoms with Gasteiger partial charge in [0.15, 0.2) is 5.82 Å². The summed E-state index contributed by atoms with van der Waals surface area (Å²) in [6.07, 6.45) is -1.02. The van der Waals surface area contributed by atoms with Crippen molar-refractivity contribution in [1.29, 1.82) is 0 Å². The Morgan fingerprint density at radius 3 is 2.48 bits per heavy atom. The third kappa shape index (κ3) is 3.79. The summed E-state index contributed by atoms with van der Waals surface area (Å²) in [6, 6.07) is 12.3. The number of hydrogen-bond acceptors (Lipinski definition) is 3. The molecule has 2 rings (SSSR count). The van der Waals surface area contributed by atoms with Crippen molar-refractivity contribution < 1.29 is 17.9 Å². The molecule has 0 bridgehead atoms. The molecule has 0 aliphatic carbocycles. The highest BCUT2D eigenvalue weighted by atomic mass is 35.5. The summed E-state index contributed by atoms with van der Waals surface area (Å²) in [6.45, 7) is -0.266. The van der Waals surface area contributed by atoms with Crippen molar-refractivity contribution in [3.8, 4) is 0 Å². The highest BCUT2D eigenvalue weighted by Crippen LogP contribution is 2.22. The zero-order valence-corrected chi connectivity index (χ0v) is 12.4. The van der Waals surface area contributed by atoms with Crippen molar-refractivity contribution in [2.45, 2.75) is 11.0 Å². The quantitative estimate of drug-likeness (QED) is 0.885. The molecule has 0 spiro atoms. The minimum Gasteiger partial charge on any atom is -0.387 e. The van der Waals surface area contributed by atoms with Gasteiger partial charge in [-0.3, -0.25) is 0 Å². The van der Waals surface area contributed by atoms with Gasteiger partial charge in [-0.1, -0.05) is 48.0 Å². The van der Waals surface area contributed by atoms with Gasteiger partial charge in [-0.2, -0.15) is 0 Å². The van der Waals surface area contributed by atoms with Gasteiger partial charge in [0.05, 0.1) is 11.1 Å². The Bertz CT molecular complexity index is 722. The predicted octanol–water partition coefficient (Wildman–Crippen LogP) is 2.49. The normalized spacial score (nSPS) is 13.1. The van der Waals surface area contributed by atoms with Crippen LogP contribution in [0.4, 0.5) is 4.39 Å². The monoisotopic (exact) mass is 329 g/mol. The lowest BCUT2D eigenvalue weighted by Crippen LogP contribution is -2.29. The molecule has 0 saturated carbocycles. The van der Waals surface area contributed by atoms with Gasteiger partial charge in [-0.05, 0) is 17.7 Å². The zero-order valence-electron chi connectivity index (χ0n) is 10.8. The molecule has 112 valence electrons. The fourth-order valence-electron chi connectivity index (χ4n) is 1.75. The lowest BCUT2D eigenvalue weighted by molar-refractivity contribution is 0.182. The average molecular weight is 330 g/mol. The molecule has 1 atom stereocenters. The number of sulfonamides is 1. The maximum Gasteiger partial charge on any atom is 0.243 e. The number of hydrogen-bond donors (Lipinski definition) is 2.